The summed E-state index contributed by atoms with van der Waals surface area (Å²) < 4.78 is 5.23. The second-order valence-electron chi connectivity index (χ2n) is 6.29. The second-order valence-corrected chi connectivity index (χ2v) is 7.40. The highest BCUT2D eigenvalue weighted by Crippen LogP contribution is 2.35. The van der Waals surface area contributed by atoms with E-state index in [0.717, 1.165) is 18.6 Å². The summed E-state index contributed by atoms with van der Waals surface area (Å²) in [7, 11) is 0. The fraction of sp³-hybridized carbons (Fsp3) is 0.591. The molecular formula is C22H34O2S. The molecule has 0 saturated carbocycles. The molecule has 0 amide bonds. The molecule has 0 aromatic heterocycles. The average molecular weight is 363 g/mol. The van der Waals surface area contributed by atoms with Crippen molar-refractivity contribution in [3.8, 4) is 0 Å². The zero-order valence-corrected chi connectivity index (χ0v) is 17.0. The third-order valence-corrected chi connectivity index (χ3v) is 5.40. The predicted molar refractivity (Wildman–Crippen MR) is 111 cm³/mol. The van der Waals surface area contributed by atoms with Crippen LogP contribution >= 0.6 is 11.8 Å². The number of benzene rings is 1. The summed E-state index contributed by atoms with van der Waals surface area (Å²) in [5.74, 6) is 1.000. The van der Waals surface area contributed by atoms with E-state index >= 15 is 0 Å². The lowest BCUT2D eigenvalue weighted by molar-refractivity contribution is -0.142. The van der Waals surface area contributed by atoms with Gasteiger partial charge in [0, 0.05) is 4.91 Å². The van der Waals surface area contributed by atoms with Crippen molar-refractivity contribution in [2.45, 2.75) is 72.1 Å². The molecule has 1 aromatic carbocycles. The minimum atomic E-state index is -0.0995. The molecule has 0 spiro atoms. The van der Waals surface area contributed by atoms with Crippen LogP contribution in [0.25, 0.3) is 4.91 Å². The van der Waals surface area contributed by atoms with E-state index in [2.05, 4.69) is 38.1 Å². The summed E-state index contributed by atoms with van der Waals surface area (Å²) in [6, 6.07) is 10.5. The molecule has 0 atom stereocenters. The van der Waals surface area contributed by atoms with Gasteiger partial charge in [-0.3, -0.25) is 4.79 Å². The highest BCUT2D eigenvalue weighted by atomic mass is 32.2. The van der Waals surface area contributed by atoms with Gasteiger partial charge in [-0.15, -0.1) is 11.8 Å². The normalized spacial score (nSPS) is 12.0. The van der Waals surface area contributed by atoms with E-state index < -0.39 is 0 Å². The summed E-state index contributed by atoms with van der Waals surface area (Å²) >= 11 is 1.90. The first kappa shape index (κ1) is 21.8. The van der Waals surface area contributed by atoms with Crippen molar-refractivity contribution in [2.24, 2.45) is 0 Å². The van der Waals surface area contributed by atoms with Gasteiger partial charge in [0.1, 0.15) is 0 Å². The first-order chi connectivity index (χ1) is 12.2. The zero-order valence-electron chi connectivity index (χ0n) is 16.2. The molecule has 0 heterocycles. The molecule has 0 unspecified atom stereocenters. The smallest absolute Gasteiger partial charge is 0.309 e. The van der Waals surface area contributed by atoms with Crippen LogP contribution in [0.2, 0.25) is 0 Å². The van der Waals surface area contributed by atoms with Crippen molar-refractivity contribution in [2.75, 3.05) is 12.4 Å². The molecule has 3 heteroatoms. The van der Waals surface area contributed by atoms with Crippen molar-refractivity contribution in [1.29, 1.82) is 0 Å². The van der Waals surface area contributed by atoms with Gasteiger partial charge >= 0.3 is 5.97 Å². The Morgan fingerprint density at radius 2 is 1.68 bits per heavy atom. The van der Waals surface area contributed by atoms with Crippen molar-refractivity contribution < 1.29 is 9.53 Å². The number of carbonyl (C=O) groups is 1. The summed E-state index contributed by atoms with van der Waals surface area (Å²) in [6.07, 6.45) is 8.66. The molecule has 0 fully saturated rings. The maximum Gasteiger partial charge on any atom is 0.309 e. The molecule has 140 valence electrons. The quantitative estimate of drug-likeness (QED) is 0.283. The molecular weight excluding hydrogens is 328 g/mol. The molecule has 25 heavy (non-hydrogen) atoms. The molecule has 0 saturated heterocycles. The molecule has 0 bridgehead atoms. The minimum absolute atomic E-state index is 0.0995. The Morgan fingerprint density at radius 3 is 2.32 bits per heavy atom. The van der Waals surface area contributed by atoms with E-state index in [9.17, 15) is 4.79 Å². The van der Waals surface area contributed by atoms with Crippen molar-refractivity contribution >= 4 is 22.6 Å². The maximum absolute atomic E-state index is 12.1. The van der Waals surface area contributed by atoms with E-state index in [4.69, 9.17) is 4.74 Å². The largest absolute Gasteiger partial charge is 0.466 e. The number of hydrogen-bond donors (Lipinski definition) is 0. The van der Waals surface area contributed by atoms with Crippen LogP contribution in [0, 0.1) is 0 Å². The van der Waals surface area contributed by atoms with Crippen molar-refractivity contribution in [3.05, 3.63) is 41.5 Å². The zero-order chi connectivity index (χ0) is 18.3. The van der Waals surface area contributed by atoms with Gasteiger partial charge in [-0.05, 0) is 43.1 Å². The van der Waals surface area contributed by atoms with Gasteiger partial charge in [-0.2, -0.15) is 0 Å². The third-order valence-electron chi connectivity index (χ3n) is 4.10. The molecule has 0 aliphatic carbocycles. The Kier molecular flexibility index (Phi) is 12.2. The minimum Gasteiger partial charge on any atom is -0.466 e. The van der Waals surface area contributed by atoms with Crippen molar-refractivity contribution in [3.63, 3.8) is 0 Å². The Bertz CT molecular complexity index is 508. The van der Waals surface area contributed by atoms with Crippen LogP contribution in [-0.4, -0.2) is 18.3 Å². The monoisotopic (exact) mass is 362 g/mol. The fourth-order valence-corrected chi connectivity index (χ4v) is 4.05. The highest BCUT2D eigenvalue weighted by Gasteiger charge is 2.14. The van der Waals surface area contributed by atoms with Gasteiger partial charge in [0.05, 0.1) is 13.0 Å². The van der Waals surface area contributed by atoms with Gasteiger partial charge in [0.2, 0.25) is 0 Å². The summed E-state index contributed by atoms with van der Waals surface area (Å²) in [4.78, 5) is 13.4. The van der Waals surface area contributed by atoms with Gasteiger partial charge in [0.25, 0.3) is 0 Å². The molecule has 0 N–H and O–H groups in total. The molecule has 0 aliphatic rings. The van der Waals surface area contributed by atoms with Crippen molar-refractivity contribution in [1.82, 2.24) is 0 Å². The molecule has 2 nitrogen and oxygen atoms in total. The summed E-state index contributed by atoms with van der Waals surface area (Å²) in [6.45, 7) is 6.77. The summed E-state index contributed by atoms with van der Waals surface area (Å²) in [5.41, 5.74) is 2.49. The number of ether oxygens (including phenoxy) is 1. The van der Waals surface area contributed by atoms with Gasteiger partial charge in [-0.1, -0.05) is 69.9 Å². The average Bonchev–Trinajstić information content (AvgIpc) is 2.62. The Balaban J connectivity index is 3.02. The van der Waals surface area contributed by atoms with Gasteiger partial charge in [-0.25, -0.2) is 0 Å². The lowest BCUT2D eigenvalue weighted by Crippen LogP contribution is -2.06. The number of carbonyl (C=O) groups excluding carboxylic acids is 1. The van der Waals surface area contributed by atoms with E-state index in [1.165, 1.54) is 48.1 Å². The van der Waals surface area contributed by atoms with Crippen LogP contribution in [0.15, 0.2) is 35.9 Å². The van der Waals surface area contributed by atoms with Gasteiger partial charge in [0.15, 0.2) is 0 Å². The number of hydrogen-bond acceptors (Lipinski definition) is 3. The van der Waals surface area contributed by atoms with E-state index in [1.54, 1.807) is 0 Å². The lowest BCUT2D eigenvalue weighted by Gasteiger charge is -2.16. The number of esters is 1. The first-order valence-corrected chi connectivity index (χ1v) is 10.8. The Labute approximate surface area is 158 Å². The predicted octanol–water partition coefficient (Wildman–Crippen LogP) is 6.85. The van der Waals surface area contributed by atoms with Gasteiger partial charge < -0.3 is 4.74 Å². The fourth-order valence-electron chi connectivity index (χ4n) is 2.73. The topological polar surface area (TPSA) is 26.3 Å². The SMILES string of the molecule is CCCCCC/C(CC(=O)OCC)=C(/SCCCC)c1ccccc1. The van der Waals surface area contributed by atoms with E-state index in [0.29, 0.717) is 13.0 Å². The van der Waals surface area contributed by atoms with E-state index in [-0.39, 0.29) is 5.97 Å². The number of thioether (sulfide) groups is 1. The number of unbranched alkanes of at least 4 members (excludes halogenated alkanes) is 4. The maximum atomic E-state index is 12.1. The standard InChI is InChI=1S/C22H34O2S/c1-4-7-9-11-16-20(18-21(23)24-6-3)22(25-17-8-5-2)19-14-12-10-13-15-19/h10,12-15H,4-9,11,16-18H2,1-3H3/b22-20-. The van der Waals surface area contributed by atoms with Crippen LogP contribution in [-0.2, 0) is 9.53 Å². The first-order valence-electron chi connectivity index (χ1n) is 9.78. The Morgan fingerprint density at radius 1 is 0.960 bits per heavy atom. The molecule has 0 aliphatic heterocycles. The molecule has 1 rings (SSSR count). The molecule has 0 radical (unpaired) electrons. The van der Waals surface area contributed by atoms with Crippen LogP contribution < -0.4 is 0 Å². The van der Waals surface area contributed by atoms with Crippen LogP contribution in [0.3, 0.4) is 0 Å². The highest BCUT2D eigenvalue weighted by molar-refractivity contribution is 8.08. The van der Waals surface area contributed by atoms with E-state index in [1.807, 2.05) is 24.8 Å². The second kappa shape index (κ2) is 14.0. The van der Waals surface area contributed by atoms with Crippen LogP contribution in [0.1, 0.15) is 77.7 Å². The van der Waals surface area contributed by atoms with Crippen LogP contribution in [0.5, 0.6) is 0 Å². The summed E-state index contributed by atoms with van der Waals surface area (Å²) in [5, 5.41) is 0. The third kappa shape index (κ3) is 9.15. The lowest BCUT2D eigenvalue weighted by atomic mass is 10.0. The number of rotatable bonds is 13. The molecule has 1 aromatic rings. The Hall–Kier alpha value is -1.22. The van der Waals surface area contributed by atoms with Crippen LogP contribution in [0.4, 0.5) is 0 Å².